The number of hydrogen-bond donors (Lipinski definition) is 3. The number of alkyl halides is 3. The van der Waals surface area contributed by atoms with Gasteiger partial charge in [0, 0.05) is 25.4 Å². The third-order valence-electron chi connectivity index (χ3n) is 5.69. The molecule has 2 heterocycles. The van der Waals surface area contributed by atoms with E-state index in [1.54, 1.807) is 36.4 Å². The minimum absolute atomic E-state index is 0.0828. The SMILES string of the molecule is CNC(=O)c1cc(Oc2ccc3nc(Nc4cc(C(F)(F)F)ccc4Oc4ccc(C)cc4)[nH]c3c2)ccn1. The number of benzene rings is 3. The van der Waals surface area contributed by atoms with Gasteiger partial charge in [-0.25, -0.2) is 4.98 Å². The van der Waals surface area contributed by atoms with E-state index in [0.29, 0.717) is 28.3 Å². The van der Waals surface area contributed by atoms with Crippen LogP contribution in [0.4, 0.5) is 24.8 Å². The molecule has 3 N–H and O–H groups in total. The first-order valence-corrected chi connectivity index (χ1v) is 11.8. The van der Waals surface area contributed by atoms with Gasteiger partial charge in [0.2, 0.25) is 5.95 Å². The van der Waals surface area contributed by atoms with Crippen molar-refractivity contribution in [2.45, 2.75) is 13.1 Å². The fourth-order valence-electron chi connectivity index (χ4n) is 3.73. The van der Waals surface area contributed by atoms with Crippen molar-refractivity contribution in [3.63, 3.8) is 0 Å². The maximum absolute atomic E-state index is 13.5. The maximum atomic E-state index is 13.5. The lowest BCUT2D eigenvalue weighted by atomic mass is 10.1. The molecule has 0 aliphatic heterocycles. The summed E-state index contributed by atoms with van der Waals surface area (Å²) in [6.07, 6.45) is -3.08. The van der Waals surface area contributed by atoms with E-state index >= 15 is 0 Å². The molecule has 0 aliphatic carbocycles. The molecule has 0 atom stereocenters. The molecule has 0 radical (unpaired) electrons. The lowest BCUT2D eigenvalue weighted by Crippen LogP contribution is -2.18. The summed E-state index contributed by atoms with van der Waals surface area (Å²) in [6.45, 7) is 1.92. The minimum atomic E-state index is -4.54. The lowest BCUT2D eigenvalue weighted by Gasteiger charge is -2.15. The first kappa shape index (κ1) is 25.6. The molecular formula is C28H22F3N5O3. The summed E-state index contributed by atoms with van der Waals surface area (Å²) < 4.78 is 52.1. The second-order valence-corrected chi connectivity index (χ2v) is 8.57. The number of hydrogen-bond acceptors (Lipinski definition) is 6. The molecule has 3 aromatic carbocycles. The highest BCUT2D eigenvalue weighted by Gasteiger charge is 2.31. The molecule has 198 valence electrons. The molecule has 0 saturated carbocycles. The van der Waals surface area contributed by atoms with E-state index in [9.17, 15) is 18.0 Å². The molecular weight excluding hydrogens is 511 g/mol. The zero-order chi connectivity index (χ0) is 27.6. The van der Waals surface area contributed by atoms with Gasteiger partial charge in [-0.05, 0) is 55.5 Å². The summed E-state index contributed by atoms with van der Waals surface area (Å²) in [5, 5.41) is 5.42. The third-order valence-corrected chi connectivity index (χ3v) is 5.69. The van der Waals surface area contributed by atoms with E-state index in [2.05, 4.69) is 25.6 Å². The van der Waals surface area contributed by atoms with Gasteiger partial charge in [0.25, 0.3) is 5.91 Å². The highest BCUT2D eigenvalue weighted by Crippen LogP contribution is 2.38. The zero-order valence-corrected chi connectivity index (χ0v) is 20.8. The van der Waals surface area contributed by atoms with Gasteiger partial charge in [-0.3, -0.25) is 9.78 Å². The van der Waals surface area contributed by atoms with Gasteiger partial charge in [0.1, 0.15) is 22.9 Å². The number of aromatic nitrogens is 3. The second kappa shape index (κ2) is 10.4. The Morgan fingerprint density at radius 2 is 1.64 bits per heavy atom. The number of nitrogens with one attached hydrogen (secondary N) is 3. The summed E-state index contributed by atoms with van der Waals surface area (Å²) in [5.41, 5.74) is 1.60. The number of amides is 1. The number of fused-ring (bicyclic) bond motifs is 1. The van der Waals surface area contributed by atoms with Gasteiger partial charge in [-0.15, -0.1) is 0 Å². The number of H-pyrrole nitrogens is 1. The second-order valence-electron chi connectivity index (χ2n) is 8.57. The highest BCUT2D eigenvalue weighted by molar-refractivity contribution is 5.92. The number of ether oxygens (including phenoxy) is 2. The normalized spacial score (nSPS) is 11.3. The molecule has 0 unspecified atom stereocenters. The van der Waals surface area contributed by atoms with Crippen molar-refractivity contribution in [3.05, 3.63) is 95.8 Å². The number of nitrogens with zero attached hydrogens (tertiary/aromatic N) is 2. The molecule has 2 aromatic heterocycles. The van der Waals surface area contributed by atoms with E-state index in [4.69, 9.17) is 9.47 Å². The van der Waals surface area contributed by atoms with E-state index in [-0.39, 0.29) is 29.0 Å². The summed E-state index contributed by atoms with van der Waals surface area (Å²) in [6, 6.07) is 18.5. The summed E-state index contributed by atoms with van der Waals surface area (Å²) in [4.78, 5) is 23.3. The lowest BCUT2D eigenvalue weighted by molar-refractivity contribution is -0.137. The molecule has 0 bridgehead atoms. The van der Waals surface area contributed by atoms with Crippen molar-refractivity contribution in [2.75, 3.05) is 12.4 Å². The number of imidazole rings is 1. The van der Waals surface area contributed by atoms with Gasteiger partial charge in [-0.1, -0.05) is 17.7 Å². The zero-order valence-electron chi connectivity index (χ0n) is 20.8. The average molecular weight is 534 g/mol. The molecule has 8 nitrogen and oxygen atoms in total. The van der Waals surface area contributed by atoms with Crippen molar-refractivity contribution in [1.29, 1.82) is 0 Å². The first-order valence-electron chi connectivity index (χ1n) is 11.8. The van der Waals surface area contributed by atoms with E-state index in [1.165, 1.54) is 25.4 Å². The van der Waals surface area contributed by atoms with Crippen LogP contribution in [0.5, 0.6) is 23.0 Å². The number of rotatable bonds is 7. The van der Waals surface area contributed by atoms with Gasteiger partial charge >= 0.3 is 6.18 Å². The third kappa shape index (κ3) is 5.93. The van der Waals surface area contributed by atoms with Crippen LogP contribution in [0, 0.1) is 6.92 Å². The van der Waals surface area contributed by atoms with E-state index in [0.717, 1.165) is 17.7 Å². The predicted molar refractivity (Wildman–Crippen MR) is 140 cm³/mol. The molecule has 39 heavy (non-hydrogen) atoms. The number of anilines is 2. The van der Waals surface area contributed by atoms with Crippen molar-refractivity contribution in [2.24, 2.45) is 0 Å². The van der Waals surface area contributed by atoms with Crippen LogP contribution >= 0.6 is 0 Å². The first-order chi connectivity index (χ1) is 18.7. The summed E-state index contributed by atoms with van der Waals surface area (Å²) >= 11 is 0. The quantitative estimate of drug-likeness (QED) is 0.209. The molecule has 0 saturated heterocycles. The van der Waals surface area contributed by atoms with Crippen LogP contribution < -0.4 is 20.1 Å². The Kier molecular flexibility index (Phi) is 6.80. The number of carbonyl (C=O) groups excluding carboxylic acids is 1. The molecule has 5 aromatic rings. The maximum Gasteiger partial charge on any atom is 0.416 e. The van der Waals surface area contributed by atoms with Crippen molar-refractivity contribution < 1.29 is 27.4 Å². The van der Waals surface area contributed by atoms with Crippen LogP contribution in [-0.4, -0.2) is 27.9 Å². The number of halogens is 3. The molecule has 1 amide bonds. The number of pyridine rings is 1. The minimum Gasteiger partial charge on any atom is -0.457 e. The van der Waals surface area contributed by atoms with Gasteiger partial charge in [0.15, 0.2) is 5.75 Å². The number of aromatic amines is 1. The Hall–Kier alpha value is -5.06. The Labute approximate surface area is 220 Å². The Bertz CT molecular complexity index is 1650. The Morgan fingerprint density at radius 3 is 2.38 bits per heavy atom. The largest absolute Gasteiger partial charge is 0.457 e. The highest BCUT2D eigenvalue weighted by atomic mass is 19.4. The summed E-state index contributed by atoms with van der Waals surface area (Å²) in [7, 11) is 1.51. The van der Waals surface area contributed by atoms with Crippen LogP contribution in [0.25, 0.3) is 11.0 Å². The molecule has 0 spiro atoms. The fourth-order valence-corrected chi connectivity index (χ4v) is 3.73. The molecule has 0 aliphatic rings. The van der Waals surface area contributed by atoms with E-state index in [1.807, 2.05) is 19.1 Å². The monoisotopic (exact) mass is 533 g/mol. The Balaban J connectivity index is 1.42. The summed E-state index contributed by atoms with van der Waals surface area (Å²) in [5.74, 6) is 1.39. The van der Waals surface area contributed by atoms with Gasteiger partial charge in [-0.2, -0.15) is 13.2 Å². The molecule has 0 fully saturated rings. The molecule has 5 rings (SSSR count). The van der Waals surface area contributed by atoms with Crippen LogP contribution in [-0.2, 0) is 6.18 Å². The van der Waals surface area contributed by atoms with Gasteiger partial charge in [0.05, 0.1) is 22.3 Å². The van der Waals surface area contributed by atoms with Crippen molar-refractivity contribution in [3.8, 4) is 23.0 Å². The smallest absolute Gasteiger partial charge is 0.416 e. The fraction of sp³-hybridized carbons (Fsp3) is 0.107. The average Bonchev–Trinajstić information content (AvgIpc) is 3.31. The van der Waals surface area contributed by atoms with Crippen molar-refractivity contribution >= 4 is 28.6 Å². The van der Waals surface area contributed by atoms with Crippen LogP contribution in [0.1, 0.15) is 21.6 Å². The van der Waals surface area contributed by atoms with Crippen LogP contribution in [0.15, 0.2) is 79.0 Å². The van der Waals surface area contributed by atoms with Crippen molar-refractivity contribution in [1.82, 2.24) is 20.3 Å². The van der Waals surface area contributed by atoms with E-state index < -0.39 is 11.7 Å². The van der Waals surface area contributed by atoms with Crippen LogP contribution in [0.3, 0.4) is 0 Å². The predicted octanol–water partition coefficient (Wildman–Crippen LogP) is 6.97. The van der Waals surface area contributed by atoms with Crippen LogP contribution in [0.2, 0.25) is 0 Å². The molecule has 11 heteroatoms. The standard InChI is InChI=1S/C28H22F3N5O3/c1-16-3-6-18(7-4-16)39-25-10-5-17(28(29,30)31)13-23(25)36-27-34-21-9-8-19(14-22(21)35-27)38-20-11-12-33-24(15-20)26(37)32-2/h3-15H,1-2H3,(H,32,37)(H2,34,35,36). The number of carbonyl (C=O) groups is 1. The topological polar surface area (TPSA) is 101 Å². The number of aryl methyl sites for hydroxylation is 1. The Morgan fingerprint density at radius 1 is 0.897 bits per heavy atom. The van der Waals surface area contributed by atoms with Gasteiger partial charge < -0.3 is 25.1 Å².